The van der Waals surface area contributed by atoms with E-state index in [2.05, 4.69) is 15.8 Å². The van der Waals surface area contributed by atoms with Crippen LogP contribution in [0.2, 0.25) is 10.0 Å². The summed E-state index contributed by atoms with van der Waals surface area (Å²) in [5.74, 6) is -0.590. The number of amides is 2. The Morgan fingerprint density at radius 1 is 0.931 bits per heavy atom. The summed E-state index contributed by atoms with van der Waals surface area (Å²) in [6.45, 7) is 1.88. The first-order valence-corrected chi connectivity index (χ1v) is 9.45. The van der Waals surface area contributed by atoms with Crippen LogP contribution in [0.4, 0.5) is 5.69 Å². The first kappa shape index (κ1) is 20.6. The third kappa shape index (κ3) is 5.44. The Morgan fingerprint density at radius 2 is 1.66 bits per heavy atom. The van der Waals surface area contributed by atoms with Gasteiger partial charge in [0.1, 0.15) is 0 Å². The molecule has 3 aromatic carbocycles. The van der Waals surface area contributed by atoms with Crippen LogP contribution >= 0.6 is 23.2 Å². The van der Waals surface area contributed by atoms with Gasteiger partial charge in [0.15, 0.2) is 0 Å². The number of anilines is 1. The number of carbonyl (C=O) groups is 2. The van der Waals surface area contributed by atoms with Crippen LogP contribution in [0, 0.1) is 6.92 Å². The van der Waals surface area contributed by atoms with Crippen molar-refractivity contribution in [2.24, 2.45) is 5.10 Å². The van der Waals surface area contributed by atoms with E-state index in [-0.39, 0.29) is 11.8 Å². The normalized spacial score (nSPS) is 10.7. The number of halogens is 2. The van der Waals surface area contributed by atoms with Crippen molar-refractivity contribution in [3.8, 4) is 0 Å². The molecular formula is C22H17Cl2N3O2. The molecule has 3 aromatic rings. The molecule has 0 atom stereocenters. The van der Waals surface area contributed by atoms with E-state index in [9.17, 15) is 9.59 Å². The monoisotopic (exact) mass is 425 g/mol. The average molecular weight is 426 g/mol. The Hall–Kier alpha value is -3.15. The van der Waals surface area contributed by atoms with Gasteiger partial charge < -0.3 is 5.32 Å². The molecule has 0 saturated heterocycles. The summed E-state index contributed by atoms with van der Waals surface area (Å²) in [5.41, 5.74) is 5.54. The number of nitrogens with zero attached hydrogens (tertiary/aromatic N) is 1. The molecule has 3 rings (SSSR count). The van der Waals surface area contributed by atoms with Crippen LogP contribution in [0.3, 0.4) is 0 Å². The second-order valence-electron chi connectivity index (χ2n) is 6.21. The van der Waals surface area contributed by atoms with E-state index in [0.717, 1.165) is 5.56 Å². The quantitative estimate of drug-likeness (QED) is 0.428. The van der Waals surface area contributed by atoms with Crippen LogP contribution < -0.4 is 10.7 Å². The Balaban J connectivity index is 1.60. The summed E-state index contributed by atoms with van der Waals surface area (Å²) in [5, 5.41) is 7.68. The van der Waals surface area contributed by atoms with Crippen molar-refractivity contribution >= 4 is 46.9 Å². The van der Waals surface area contributed by atoms with Gasteiger partial charge in [-0.2, -0.15) is 5.10 Å². The maximum atomic E-state index is 12.3. The molecule has 146 valence electrons. The molecule has 0 bridgehead atoms. The largest absolute Gasteiger partial charge is 0.322 e. The first-order chi connectivity index (χ1) is 13.9. The summed E-state index contributed by atoms with van der Waals surface area (Å²) in [7, 11) is 0. The van der Waals surface area contributed by atoms with Crippen LogP contribution in [0.25, 0.3) is 0 Å². The number of aryl methyl sites for hydroxylation is 1. The third-order valence-electron chi connectivity index (χ3n) is 4.13. The van der Waals surface area contributed by atoms with Crippen LogP contribution in [0.15, 0.2) is 71.8 Å². The Morgan fingerprint density at radius 3 is 2.34 bits per heavy atom. The fraction of sp³-hybridized carbons (Fsp3) is 0.0455. The average Bonchev–Trinajstić information content (AvgIpc) is 2.70. The van der Waals surface area contributed by atoms with Gasteiger partial charge in [0, 0.05) is 27.4 Å². The first-order valence-electron chi connectivity index (χ1n) is 8.69. The van der Waals surface area contributed by atoms with Gasteiger partial charge in [0.25, 0.3) is 11.8 Å². The molecule has 0 fully saturated rings. The number of rotatable bonds is 5. The van der Waals surface area contributed by atoms with Gasteiger partial charge in [-0.05, 0) is 55.0 Å². The van der Waals surface area contributed by atoms with E-state index in [1.54, 1.807) is 48.5 Å². The van der Waals surface area contributed by atoms with E-state index in [1.165, 1.54) is 6.21 Å². The molecule has 0 unspecified atom stereocenters. The minimum Gasteiger partial charge on any atom is -0.322 e. The molecule has 0 spiro atoms. The maximum absolute atomic E-state index is 12.3. The summed E-state index contributed by atoms with van der Waals surface area (Å²) in [6, 6.07) is 18.8. The zero-order valence-corrected chi connectivity index (χ0v) is 17.0. The van der Waals surface area contributed by atoms with Crippen molar-refractivity contribution in [2.75, 3.05) is 5.32 Å². The van der Waals surface area contributed by atoms with Crippen LogP contribution in [0.1, 0.15) is 31.8 Å². The Bertz CT molecular complexity index is 1080. The summed E-state index contributed by atoms with van der Waals surface area (Å²) >= 11 is 11.9. The van der Waals surface area contributed by atoms with Crippen LogP contribution in [-0.4, -0.2) is 18.0 Å². The van der Waals surface area contributed by atoms with E-state index in [0.29, 0.717) is 32.4 Å². The highest BCUT2D eigenvalue weighted by Crippen LogP contribution is 2.19. The van der Waals surface area contributed by atoms with Crippen molar-refractivity contribution < 1.29 is 9.59 Å². The van der Waals surface area contributed by atoms with Gasteiger partial charge >= 0.3 is 0 Å². The highest BCUT2D eigenvalue weighted by atomic mass is 35.5. The molecule has 0 aliphatic rings. The summed E-state index contributed by atoms with van der Waals surface area (Å²) in [6.07, 6.45) is 1.44. The minimum absolute atomic E-state index is 0.204. The molecule has 7 heteroatoms. The molecule has 0 radical (unpaired) electrons. The fourth-order valence-electron chi connectivity index (χ4n) is 2.56. The van der Waals surface area contributed by atoms with Crippen LogP contribution in [0.5, 0.6) is 0 Å². The highest BCUT2D eigenvalue weighted by molar-refractivity contribution is 6.36. The second-order valence-corrected chi connectivity index (χ2v) is 7.05. The number of hydrazone groups is 1. The predicted octanol–water partition coefficient (Wildman–Crippen LogP) is 5.32. The Labute approximate surface area is 178 Å². The van der Waals surface area contributed by atoms with Crippen molar-refractivity contribution in [1.82, 2.24) is 5.43 Å². The molecule has 0 saturated carbocycles. The SMILES string of the molecule is Cc1ccccc1C(=O)Nc1ccc(C(=O)N/N=C\c2ccc(Cl)cc2Cl)cc1. The molecule has 0 heterocycles. The highest BCUT2D eigenvalue weighted by Gasteiger charge is 2.09. The predicted molar refractivity (Wildman–Crippen MR) is 117 cm³/mol. The molecule has 0 aromatic heterocycles. The lowest BCUT2D eigenvalue weighted by Gasteiger charge is -2.08. The molecule has 2 amide bonds. The zero-order chi connectivity index (χ0) is 20.8. The smallest absolute Gasteiger partial charge is 0.271 e. The lowest BCUT2D eigenvalue weighted by molar-refractivity contribution is 0.0954. The molecule has 29 heavy (non-hydrogen) atoms. The zero-order valence-electron chi connectivity index (χ0n) is 15.4. The van der Waals surface area contributed by atoms with Crippen molar-refractivity contribution in [3.05, 3.63) is 99.0 Å². The minimum atomic E-state index is -0.386. The van der Waals surface area contributed by atoms with Crippen molar-refractivity contribution in [3.63, 3.8) is 0 Å². The number of hydrogen-bond donors (Lipinski definition) is 2. The molecule has 5 nitrogen and oxygen atoms in total. The third-order valence-corrected chi connectivity index (χ3v) is 4.69. The van der Waals surface area contributed by atoms with Crippen molar-refractivity contribution in [1.29, 1.82) is 0 Å². The maximum Gasteiger partial charge on any atom is 0.271 e. The van der Waals surface area contributed by atoms with E-state index < -0.39 is 0 Å². The van der Waals surface area contributed by atoms with Gasteiger partial charge in [-0.3, -0.25) is 9.59 Å². The lowest BCUT2D eigenvalue weighted by Crippen LogP contribution is -2.18. The van der Waals surface area contributed by atoms with Gasteiger partial charge in [0.2, 0.25) is 0 Å². The number of benzene rings is 3. The van der Waals surface area contributed by atoms with E-state index in [4.69, 9.17) is 23.2 Å². The lowest BCUT2D eigenvalue weighted by atomic mass is 10.1. The molecule has 2 N–H and O–H groups in total. The van der Waals surface area contributed by atoms with Gasteiger partial charge in [-0.25, -0.2) is 5.43 Å². The van der Waals surface area contributed by atoms with Gasteiger partial charge in [-0.1, -0.05) is 47.5 Å². The van der Waals surface area contributed by atoms with Crippen LogP contribution in [-0.2, 0) is 0 Å². The van der Waals surface area contributed by atoms with Gasteiger partial charge in [0.05, 0.1) is 11.2 Å². The van der Waals surface area contributed by atoms with E-state index in [1.807, 2.05) is 25.1 Å². The van der Waals surface area contributed by atoms with Crippen molar-refractivity contribution in [2.45, 2.75) is 6.92 Å². The van der Waals surface area contributed by atoms with E-state index >= 15 is 0 Å². The topological polar surface area (TPSA) is 70.6 Å². The standard InChI is InChI=1S/C22H17Cl2N3O2/c1-14-4-2-3-5-19(14)22(29)26-18-10-7-15(8-11-18)21(28)27-25-13-16-6-9-17(23)12-20(16)24/h2-13H,1H3,(H,26,29)(H,27,28)/b25-13-. The number of carbonyl (C=O) groups excluding carboxylic acids is 2. The van der Waals surface area contributed by atoms with Gasteiger partial charge in [-0.15, -0.1) is 0 Å². The second kappa shape index (κ2) is 9.37. The summed E-state index contributed by atoms with van der Waals surface area (Å²) in [4.78, 5) is 24.6. The Kier molecular flexibility index (Phi) is 6.65. The number of hydrogen-bond acceptors (Lipinski definition) is 3. The number of nitrogens with one attached hydrogen (secondary N) is 2. The molecule has 0 aliphatic carbocycles. The summed E-state index contributed by atoms with van der Waals surface area (Å²) < 4.78 is 0. The fourth-order valence-corrected chi connectivity index (χ4v) is 3.02. The molecule has 0 aliphatic heterocycles. The molecular weight excluding hydrogens is 409 g/mol.